The minimum atomic E-state index is -0.0741. The summed E-state index contributed by atoms with van der Waals surface area (Å²) in [6.07, 6.45) is 24.6. The lowest BCUT2D eigenvalue weighted by atomic mass is 9.95. The summed E-state index contributed by atoms with van der Waals surface area (Å²) < 4.78 is 20.7. The molecule has 2 unspecified atom stereocenters. The maximum absolute atomic E-state index is 9.03. The van der Waals surface area contributed by atoms with Crippen LogP contribution in [0.25, 0.3) is 0 Å². The van der Waals surface area contributed by atoms with E-state index in [2.05, 4.69) is 157 Å². The Morgan fingerprint density at radius 1 is 0.384 bits per heavy atom. The van der Waals surface area contributed by atoms with Crippen molar-refractivity contribution in [3.8, 4) is 0 Å². The Hall–Kier alpha value is -0.320. The molecule has 0 saturated heterocycles. The molecule has 0 saturated carbocycles. The average Bonchev–Trinajstić information content (AvgIpc) is 3.32. The number of unbranched alkanes of at least 4 members (excludes halogenated alkanes) is 4. The first-order chi connectivity index (χ1) is 34.4. The van der Waals surface area contributed by atoms with Crippen molar-refractivity contribution < 1.29 is 34.3 Å². The fourth-order valence-corrected chi connectivity index (χ4v) is 6.50. The maximum atomic E-state index is 9.03. The number of rotatable bonds is 37. The standard InChI is InChI=1S/C10H23NO.C9H20O2.C9H20.2C8H18O.2C7H16O.C7H16/c1-4-6-11(8-9-12)7-5-10(2)3;1-8(2)6-5-7-9(10-3)11-4;1-4-5-6-7-8-9(2)3;2*1-4-6-9-7-5-8(2)3;1-4-7(5-8)6(2)3;1-4-7(8)5-6(2)3;1-4-5-6-7(2)3/h10,12H,4-9H2,1-3H3;8-9H,5-7H2,1-4H3;9H,4-8H2,1-3H3;2*8H,4-7H2,1-3H3;2*6-8H,4-5H2,1-3H3;7H,4-6H2,1-3H3. The monoisotopic (exact) mass is 1050 g/mol. The molecule has 0 aromatic rings. The molecule has 8 heteroatoms. The lowest BCUT2D eigenvalue weighted by molar-refractivity contribution is -0.107. The SMILES string of the molecule is CCC(CO)C(C)C.CCC(O)CC(C)C.CCCCC(C)C.CCCCCCC(C)C.CCCN(CCO)CCC(C)C.CCCOCCC(C)C.CCCOCCC(C)C.COC(CCCC(C)C)OC. The fraction of sp³-hybridized carbons (Fsp3) is 1.00. The molecule has 0 aromatic heterocycles. The number of hydrogen-bond donors (Lipinski definition) is 3. The predicted molar refractivity (Wildman–Crippen MR) is 330 cm³/mol. The highest BCUT2D eigenvalue weighted by atomic mass is 16.7. The van der Waals surface area contributed by atoms with Gasteiger partial charge in [-0.15, -0.1) is 0 Å². The van der Waals surface area contributed by atoms with Crippen LogP contribution in [-0.2, 0) is 18.9 Å². The van der Waals surface area contributed by atoms with Crippen LogP contribution in [0.1, 0.15) is 288 Å². The van der Waals surface area contributed by atoms with E-state index >= 15 is 0 Å². The maximum Gasteiger partial charge on any atom is 0.156 e. The lowest BCUT2D eigenvalue weighted by Gasteiger charge is -2.21. The van der Waals surface area contributed by atoms with E-state index in [4.69, 9.17) is 34.3 Å². The third kappa shape index (κ3) is 108. The number of aliphatic hydroxyl groups excluding tert-OH is 3. The second kappa shape index (κ2) is 75.9. The van der Waals surface area contributed by atoms with Gasteiger partial charge < -0.3 is 39.2 Å². The van der Waals surface area contributed by atoms with Crippen LogP contribution in [0.5, 0.6) is 0 Å². The highest BCUT2D eigenvalue weighted by molar-refractivity contribution is 4.59. The Balaban J connectivity index is -0.000000111. The highest BCUT2D eigenvalue weighted by Gasteiger charge is 2.08. The van der Waals surface area contributed by atoms with E-state index in [9.17, 15) is 0 Å². The van der Waals surface area contributed by atoms with Crippen molar-refractivity contribution in [3.63, 3.8) is 0 Å². The van der Waals surface area contributed by atoms with Gasteiger partial charge in [0.25, 0.3) is 0 Å². The molecule has 0 heterocycles. The molecule has 0 amide bonds. The van der Waals surface area contributed by atoms with Crippen molar-refractivity contribution in [2.75, 3.05) is 73.5 Å². The van der Waals surface area contributed by atoms with Crippen LogP contribution < -0.4 is 0 Å². The second-order valence-corrected chi connectivity index (χ2v) is 23.6. The van der Waals surface area contributed by atoms with Crippen molar-refractivity contribution in [1.29, 1.82) is 0 Å². The summed E-state index contributed by atoms with van der Waals surface area (Å²) in [4.78, 5) is 2.33. The Morgan fingerprint density at radius 3 is 1.07 bits per heavy atom. The molecular formula is C65H147NO7. The van der Waals surface area contributed by atoms with Gasteiger partial charge in [-0.25, -0.2) is 0 Å². The van der Waals surface area contributed by atoms with Crippen LogP contribution >= 0.6 is 0 Å². The van der Waals surface area contributed by atoms with Crippen molar-refractivity contribution in [2.24, 2.45) is 53.3 Å². The summed E-state index contributed by atoms with van der Waals surface area (Å²) >= 11 is 0. The van der Waals surface area contributed by atoms with E-state index in [0.717, 1.165) is 120 Å². The summed E-state index contributed by atoms with van der Waals surface area (Å²) in [5, 5.41) is 26.5. The van der Waals surface area contributed by atoms with E-state index in [0.29, 0.717) is 24.4 Å². The average molecular weight is 1050 g/mol. The molecular weight excluding hydrogens is 907 g/mol. The minimum absolute atomic E-state index is 0.00579. The molecule has 0 aromatic carbocycles. The van der Waals surface area contributed by atoms with Crippen molar-refractivity contribution in [1.82, 2.24) is 4.90 Å². The molecule has 0 spiro atoms. The van der Waals surface area contributed by atoms with E-state index in [-0.39, 0.29) is 19.0 Å². The van der Waals surface area contributed by atoms with E-state index in [1.165, 1.54) is 89.9 Å². The van der Waals surface area contributed by atoms with Crippen LogP contribution in [0.15, 0.2) is 0 Å². The Labute approximate surface area is 464 Å². The second-order valence-electron chi connectivity index (χ2n) is 23.6. The van der Waals surface area contributed by atoms with Gasteiger partial charge in [-0.2, -0.15) is 0 Å². The highest BCUT2D eigenvalue weighted by Crippen LogP contribution is 2.13. The molecule has 0 aliphatic rings. The number of ether oxygens (including phenoxy) is 4. The third-order valence-corrected chi connectivity index (χ3v) is 11.8. The lowest BCUT2D eigenvalue weighted by Crippen LogP contribution is -2.29. The Bertz CT molecular complexity index is 816. The molecule has 0 rings (SSSR count). The number of methoxy groups -OCH3 is 2. The zero-order valence-corrected chi connectivity index (χ0v) is 55.3. The van der Waals surface area contributed by atoms with Gasteiger partial charge in [0.2, 0.25) is 0 Å². The van der Waals surface area contributed by atoms with Crippen LogP contribution in [0.4, 0.5) is 0 Å². The molecule has 0 aliphatic carbocycles. The summed E-state index contributed by atoms with van der Waals surface area (Å²) in [5.74, 6) is 6.68. The van der Waals surface area contributed by atoms with Gasteiger partial charge in [-0.3, -0.25) is 0 Å². The molecule has 2 atom stereocenters. The van der Waals surface area contributed by atoms with Gasteiger partial charge in [0.1, 0.15) is 0 Å². The summed E-state index contributed by atoms with van der Waals surface area (Å²) in [7, 11) is 3.37. The first-order valence-electron chi connectivity index (χ1n) is 31.2. The van der Waals surface area contributed by atoms with Crippen molar-refractivity contribution >= 4 is 0 Å². The first-order valence-corrected chi connectivity index (χ1v) is 31.2. The van der Waals surface area contributed by atoms with Gasteiger partial charge in [0.15, 0.2) is 6.29 Å². The molecule has 8 nitrogen and oxygen atoms in total. The third-order valence-electron chi connectivity index (χ3n) is 11.8. The fourth-order valence-electron chi connectivity index (χ4n) is 6.50. The molecule has 0 bridgehead atoms. The van der Waals surface area contributed by atoms with Crippen LogP contribution in [0, 0.1) is 53.3 Å². The summed E-state index contributed by atoms with van der Waals surface area (Å²) in [6.45, 7) is 58.0. The van der Waals surface area contributed by atoms with Crippen LogP contribution in [-0.4, -0.2) is 106 Å². The summed E-state index contributed by atoms with van der Waals surface area (Å²) in [6, 6.07) is 0. The zero-order valence-electron chi connectivity index (χ0n) is 55.3. The van der Waals surface area contributed by atoms with E-state index in [1.807, 2.05) is 6.92 Å². The Morgan fingerprint density at radius 2 is 0.808 bits per heavy atom. The number of aliphatic hydroxyl groups is 3. The van der Waals surface area contributed by atoms with Gasteiger partial charge in [0.05, 0.1) is 12.7 Å². The zero-order chi connectivity index (χ0) is 58.3. The van der Waals surface area contributed by atoms with Gasteiger partial charge >= 0.3 is 0 Å². The predicted octanol–water partition coefficient (Wildman–Crippen LogP) is 19.0. The number of hydrogen-bond acceptors (Lipinski definition) is 8. The van der Waals surface area contributed by atoms with Crippen molar-refractivity contribution in [2.45, 2.75) is 300 Å². The van der Waals surface area contributed by atoms with Crippen LogP contribution in [0.2, 0.25) is 0 Å². The Kier molecular flexibility index (Phi) is 92.8. The molecule has 0 radical (unpaired) electrons. The topological polar surface area (TPSA) is 101 Å². The van der Waals surface area contributed by atoms with Crippen LogP contribution in [0.3, 0.4) is 0 Å². The molecule has 3 N–H and O–H groups in total. The minimum Gasteiger partial charge on any atom is -0.396 e. The molecule has 0 aliphatic heterocycles. The molecule has 454 valence electrons. The van der Waals surface area contributed by atoms with E-state index < -0.39 is 0 Å². The first kappa shape index (κ1) is 89.3. The largest absolute Gasteiger partial charge is 0.396 e. The smallest absolute Gasteiger partial charge is 0.156 e. The van der Waals surface area contributed by atoms with Gasteiger partial charge in [0, 0.05) is 53.8 Å². The van der Waals surface area contributed by atoms with Crippen molar-refractivity contribution in [3.05, 3.63) is 0 Å². The normalized spacial score (nSPS) is 11.8. The quantitative estimate of drug-likeness (QED) is 0.0418. The van der Waals surface area contributed by atoms with Gasteiger partial charge in [-0.1, -0.05) is 223 Å². The summed E-state index contributed by atoms with van der Waals surface area (Å²) in [5.41, 5.74) is 0. The molecule has 73 heavy (non-hydrogen) atoms. The van der Waals surface area contributed by atoms with Gasteiger partial charge in [-0.05, 0) is 131 Å². The number of nitrogens with zero attached hydrogens (tertiary/aromatic N) is 1. The van der Waals surface area contributed by atoms with E-state index in [1.54, 1.807) is 14.2 Å². The molecule has 0 fully saturated rings.